The number of carbonyl (C=O) groups is 1. The van der Waals surface area contributed by atoms with Crippen molar-refractivity contribution in [1.29, 1.82) is 0 Å². The molecule has 3 nitrogen and oxygen atoms in total. The molecule has 0 aliphatic heterocycles. The van der Waals surface area contributed by atoms with E-state index < -0.39 is 11.5 Å². The summed E-state index contributed by atoms with van der Waals surface area (Å²) < 4.78 is 0.874. The van der Waals surface area contributed by atoms with Crippen molar-refractivity contribution < 1.29 is 9.90 Å². The number of benzene rings is 1. The van der Waals surface area contributed by atoms with Crippen LogP contribution in [-0.2, 0) is 4.79 Å². The number of aliphatic carboxylic acids is 1. The topological polar surface area (TPSA) is 49.3 Å². The van der Waals surface area contributed by atoms with E-state index in [-0.39, 0.29) is 0 Å². The highest BCUT2D eigenvalue weighted by molar-refractivity contribution is 9.10. The molecular formula is C12H16BrNO2. The number of para-hydroxylation sites is 1. The Kier molecular flexibility index (Phi) is 4.35. The highest BCUT2D eigenvalue weighted by Gasteiger charge is 2.32. The maximum absolute atomic E-state index is 11.2. The number of hydrogen-bond donors (Lipinski definition) is 2. The quantitative estimate of drug-likeness (QED) is 0.871. The maximum Gasteiger partial charge on any atom is 0.329 e. The van der Waals surface area contributed by atoms with Gasteiger partial charge < -0.3 is 10.4 Å². The van der Waals surface area contributed by atoms with Crippen molar-refractivity contribution in [1.82, 2.24) is 0 Å². The first kappa shape index (κ1) is 13.0. The summed E-state index contributed by atoms with van der Waals surface area (Å²) in [6.07, 6.45) is 1.41. The lowest BCUT2D eigenvalue weighted by molar-refractivity contribution is -0.141. The van der Waals surface area contributed by atoms with Gasteiger partial charge in [0.2, 0.25) is 0 Å². The van der Waals surface area contributed by atoms with Crippen molar-refractivity contribution in [2.75, 3.05) is 5.32 Å². The average molecular weight is 286 g/mol. The summed E-state index contributed by atoms with van der Waals surface area (Å²) in [7, 11) is 0. The van der Waals surface area contributed by atoms with E-state index in [0.717, 1.165) is 16.6 Å². The molecule has 1 aromatic carbocycles. The highest BCUT2D eigenvalue weighted by Crippen LogP contribution is 2.27. The maximum atomic E-state index is 11.2. The van der Waals surface area contributed by atoms with E-state index in [9.17, 15) is 9.90 Å². The molecular weight excluding hydrogens is 270 g/mol. The van der Waals surface area contributed by atoms with Crippen LogP contribution in [0.2, 0.25) is 0 Å². The summed E-state index contributed by atoms with van der Waals surface area (Å²) >= 11 is 3.39. The summed E-state index contributed by atoms with van der Waals surface area (Å²) in [5.74, 6) is -0.829. The normalized spacial score (nSPS) is 14.2. The van der Waals surface area contributed by atoms with Crippen molar-refractivity contribution in [3.63, 3.8) is 0 Å². The smallest absolute Gasteiger partial charge is 0.329 e. The molecule has 0 aromatic heterocycles. The summed E-state index contributed by atoms with van der Waals surface area (Å²) in [6, 6.07) is 7.52. The molecule has 0 spiro atoms. The summed E-state index contributed by atoms with van der Waals surface area (Å²) in [5, 5.41) is 12.3. The Morgan fingerprint density at radius 3 is 2.62 bits per heavy atom. The predicted octanol–water partition coefficient (Wildman–Crippen LogP) is 3.50. The van der Waals surface area contributed by atoms with Gasteiger partial charge in [-0.25, -0.2) is 4.79 Å². The number of nitrogens with one attached hydrogen (secondary N) is 1. The van der Waals surface area contributed by atoms with Crippen molar-refractivity contribution >= 4 is 27.6 Å². The summed E-state index contributed by atoms with van der Waals surface area (Å²) in [6.45, 7) is 3.68. The van der Waals surface area contributed by atoms with Crippen LogP contribution in [0.25, 0.3) is 0 Å². The van der Waals surface area contributed by atoms with E-state index in [1.807, 2.05) is 31.2 Å². The molecule has 0 saturated carbocycles. The second-order valence-electron chi connectivity index (χ2n) is 3.99. The third-order valence-corrected chi connectivity index (χ3v) is 3.20. The van der Waals surface area contributed by atoms with E-state index in [0.29, 0.717) is 6.42 Å². The van der Waals surface area contributed by atoms with Gasteiger partial charge in [0.15, 0.2) is 0 Å². The molecule has 4 heteroatoms. The molecule has 0 amide bonds. The van der Waals surface area contributed by atoms with Crippen LogP contribution in [0.4, 0.5) is 5.69 Å². The standard InChI is InChI=1S/C12H16BrNO2/c1-3-8-12(2,11(15)16)14-10-7-5-4-6-9(10)13/h4-7,14H,3,8H2,1-2H3,(H,15,16). The van der Waals surface area contributed by atoms with Gasteiger partial charge in [0.25, 0.3) is 0 Å². The molecule has 0 saturated heterocycles. The first-order valence-electron chi connectivity index (χ1n) is 5.25. The van der Waals surface area contributed by atoms with Crippen LogP contribution in [0.3, 0.4) is 0 Å². The van der Waals surface area contributed by atoms with Gasteiger partial charge in [0.05, 0.1) is 0 Å². The third-order valence-electron chi connectivity index (χ3n) is 2.51. The summed E-state index contributed by atoms with van der Waals surface area (Å²) in [4.78, 5) is 11.2. The Balaban J connectivity index is 2.92. The van der Waals surface area contributed by atoms with Gasteiger partial charge in [-0.15, -0.1) is 0 Å². The Bertz CT molecular complexity index is 381. The van der Waals surface area contributed by atoms with Crippen LogP contribution in [0.15, 0.2) is 28.7 Å². The van der Waals surface area contributed by atoms with Gasteiger partial charge in [-0.3, -0.25) is 0 Å². The Morgan fingerprint density at radius 2 is 2.12 bits per heavy atom. The number of hydrogen-bond acceptors (Lipinski definition) is 2. The lowest BCUT2D eigenvalue weighted by Gasteiger charge is -2.27. The molecule has 1 aromatic rings. The van der Waals surface area contributed by atoms with Gasteiger partial charge in [0, 0.05) is 10.2 Å². The SMILES string of the molecule is CCCC(C)(Nc1ccccc1Br)C(=O)O. The molecule has 16 heavy (non-hydrogen) atoms. The Labute approximate surface area is 104 Å². The molecule has 1 unspecified atom stereocenters. The number of carboxylic acids is 1. The number of halogens is 1. The third kappa shape index (κ3) is 2.98. The molecule has 0 heterocycles. The molecule has 1 rings (SSSR count). The van der Waals surface area contributed by atoms with Crippen LogP contribution in [0, 0.1) is 0 Å². The fourth-order valence-electron chi connectivity index (χ4n) is 1.58. The van der Waals surface area contributed by atoms with Gasteiger partial charge >= 0.3 is 5.97 Å². The highest BCUT2D eigenvalue weighted by atomic mass is 79.9. The zero-order chi connectivity index (χ0) is 12.2. The monoisotopic (exact) mass is 285 g/mol. The lowest BCUT2D eigenvalue weighted by Crippen LogP contribution is -2.43. The van der Waals surface area contributed by atoms with Crippen LogP contribution in [0.1, 0.15) is 26.7 Å². The zero-order valence-electron chi connectivity index (χ0n) is 9.46. The first-order valence-corrected chi connectivity index (χ1v) is 6.05. The zero-order valence-corrected chi connectivity index (χ0v) is 11.0. The second-order valence-corrected chi connectivity index (χ2v) is 4.85. The van der Waals surface area contributed by atoms with Crippen molar-refractivity contribution in [2.45, 2.75) is 32.2 Å². The first-order chi connectivity index (χ1) is 7.49. The minimum Gasteiger partial charge on any atom is -0.480 e. The number of rotatable bonds is 5. The Hall–Kier alpha value is -1.03. The van der Waals surface area contributed by atoms with E-state index in [4.69, 9.17) is 0 Å². The number of anilines is 1. The van der Waals surface area contributed by atoms with E-state index in [1.54, 1.807) is 6.92 Å². The molecule has 0 bridgehead atoms. The molecule has 0 fully saturated rings. The fraction of sp³-hybridized carbons (Fsp3) is 0.417. The minimum atomic E-state index is -0.918. The van der Waals surface area contributed by atoms with Crippen LogP contribution in [-0.4, -0.2) is 16.6 Å². The van der Waals surface area contributed by atoms with E-state index in [1.165, 1.54) is 0 Å². The van der Waals surface area contributed by atoms with Crippen LogP contribution in [0.5, 0.6) is 0 Å². The molecule has 2 N–H and O–H groups in total. The average Bonchev–Trinajstić information content (AvgIpc) is 2.21. The predicted molar refractivity (Wildman–Crippen MR) is 68.7 cm³/mol. The Morgan fingerprint density at radius 1 is 1.50 bits per heavy atom. The molecule has 88 valence electrons. The lowest BCUT2D eigenvalue weighted by atomic mass is 9.96. The van der Waals surface area contributed by atoms with Gasteiger partial charge in [-0.2, -0.15) is 0 Å². The molecule has 0 aliphatic carbocycles. The molecule has 1 atom stereocenters. The molecule has 0 radical (unpaired) electrons. The van der Waals surface area contributed by atoms with Gasteiger partial charge in [0.1, 0.15) is 5.54 Å². The second kappa shape index (κ2) is 5.34. The summed E-state index contributed by atoms with van der Waals surface area (Å²) in [5.41, 5.74) is -0.112. The minimum absolute atomic E-state index is 0.587. The largest absolute Gasteiger partial charge is 0.480 e. The van der Waals surface area contributed by atoms with Crippen molar-refractivity contribution in [3.8, 4) is 0 Å². The van der Waals surface area contributed by atoms with E-state index >= 15 is 0 Å². The molecule has 0 aliphatic rings. The van der Waals surface area contributed by atoms with Gasteiger partial charge in [-0.05, 0) is 41.4 Å². The van der Waals surface area contributed by atoms with Crippen molar-refractivity contribution in [3.05, 3.63) is 28.7 Å². The van der Waals surface area contributed by atoms with Crippen LogP contribution < -0.4 is 5.32 Å². The van der Waals surface area contributed by atoms with Gasteiger partial charge in [-0.1, -0.05) is 25.5 Å². The van der Waals surface area contributed by atoms with Crippen LogP contribution >= 0.6 is 15.9 Å². The fourth-order valence-corrected chi connectivity index (χ4v) is 1.97. The number of carboxylic acid groups (broad SMARTS) is 1. The van der Waals surface area contributed by atoms with Crippen molar-refractivity contribution in [2.24, 2.45) is 0 Å². The van der Waals surface area contributed by atoms with E-state index in [2.05, 4.69) is 21.2 Å².